The summed E-state index contributed by atoms with van der Waals surface area (Å²) in [4.78, 5) is 0.628. The molecule has 0 amide bonds. The van der Waals surface area contributed by atoms with Gasteiger partial charge in [0, 0.05) is 19.1 Å². The molecule has 0 saturated carbocycles. The van der Waals surface area contributed by atoms with Crippen LogP contribution in [0.2, 0.25) is 0 Å². The topological polar surface area (TPSA) is 15.3 Å². The molecule has 1 saturated heterocycles. The van der Waals surface area contributed by atoms with E-state index in [9.17, 15) is 13.2 Å². The van der Waals surface area contributed by atoms with Crippen molar-refractivity contribution in [3.8, 4) is 0 Å². The molecule has 0 bridgehead atoms. The molecule has 1 aliphatic rings. The maximum Gasteiger partial charge on any atom is 0.459 e. The molecule has 0 aromatic rings. The van der Waals surface area contributed by atoms with Gasteiger partial charge in [0.2, 0.25) is 0 Å². The molecule has 5 heteroatoms. The Labute approximate surface area is 88.8 Å². The molecule has 1 fully saturated rings. The zero-order valence-corrected chi connectivity index (χ0v) is 9.27. The smallest absolute Gasteiger partial charge is 0.314 e. The van der Waals surface area contributed by atoms with Crippen LogP contribution in [0.15, 0.2) is 0 Å². The second-order valence-electron chi connectivity index (χ2n) is 4.49. The highest BCUT2D eigenvalue weighted by atomic mass is 19.4. The number of nitrogens with zero attached hydrogens (tertiary/aromatic N) is 1. The van der Waals surface area contributed by atoms with Gasteiger partial charge >= 0.3 is 6.30 Å². The molecule has 1 aliphatic heterocycles. The molecule has 15 heavy (non-hydrogen) atoms. The molecular weight excluding hydrogens is 205 g/mol. The Morgan fingerprint density at radius 3 is 2.60 bits per heavy atom. The van der Waals surface area contributed by atoms with Crippen molar-refractivity contribution in [3.63, 3.8) is 0 Å². The van der Waals surface area contributed by atoms with Crippen molar-refractivity contribution in [2.45, 2.75) is 39.0 Å². The van der Waals surface area contributed by atoms with Gasteiger partial charge in [0.05, 0.1) is 0 Å². The minimum atomic E-state index is -4.16. The maximum atomic E-state index is 12.4. The summed E-state index contributed by atoms with van der Waals surface area (Å²) in [5, 5.41) is 3.19. The molecule has 0 aromatic heterocycles. The Morgan fingerprint density at radius 2 is 2.07 bits per heavy atom. The molecule has 1 heterocycles. The van der Waals surface area contributed by atoms with Crippen LogP contribution in [-0.2, 0) is 0 Å². The highest BCUT2D eigenvalue weighted by Crippen LogP contribution is 2.27. The lowest BCUT2D eigenvalue weighted by atomic mass is 9.98. The molecule has 1 atom stereocenters. The van der Waals surface area contributed by atoms with E-state index in [1.165, 1.54) is 0 Å². The molecule has 0 aromatic carbocycles. The Morgan fingerprint density at radius 1 is 1.40 bits per heavy atom. The second kappa shape index (κ2) is 5.16. The van der Waals surface area contributed by atoms with Crippen LogP contribution in [0.5, 0.6) is 0 Å². The van der Waals surface area contributed by atoms with E-state index >= 15 is 0 Å². The Balaban J connectivity index is 2.36. The highest BCUT2D eigenvalue weighted by Gasteiger charge is 2.39. The van der Waals surface area contributed by atoms with Gasteiger partial charge in [-0.1, -0.05) is 13.8 Å². The third-order valence-electron chi connectivity index (χ3n) is 2.69. The van der Waals surface area contributed by atoms with E-state index in [0.29, 0.717) is 23.9 Å². The number of hydrogen-bond acceptors (Lipinski definition) is 2. The summed E-state index contributed by atoms with van der Waals surface area (Å²) in [6.45, 7) is 4.99. The number of alkyl halides is 3. The maximum absolute atomic E-state index is 12.4. The Kier molecular flexibility index (Phi) is 4.40. The third kappa shape index (κ3) is 4.38. The van der Waals surface area contributed by atoms with E-state index in [1.807, 2.05) is 13.8 Å². The van der Waals surface area contributed by atoms with Gasteiger partial charge in [0.15, 0.2) is 0 Å². The van der Waals surface area contributed by atoms with Crippen molar-refractivity contribution < 1.29 is 13.2 Å². The normalized spacial score (nSPS) is 24.8. The summed E-state index contributed by atoms with van der Waals surface area (Å²) in [7, 11) is 0. The number of hydrogen-bond donors (Lipinski definition) is 1. The zero-order chi connectivity index (χ0) is 11.5. The van der Waals surface area contributed by atoms with Crippen LogP contribution in [0.25, 0.3) is 0 Å². The van der Waals surface area contributed by atoms with E-state index in [0.717, 1.165) is 6.42 Å². The summed E-state index contributed by atoms with van der Waals surface area (Å²) >= 11 is 0. The number of halogens is 3. The van der Waals surface area contributed by atoms with Crippen molar-refractivity contribution >= 4 is 0 Å². The molecule has 0 radical (unpaired) electrons. The highest BCUT2D eigenvalue weighted by molar-refractivity contribution is 4.76. The van der Waals surface area contributed by atoms with E-state index in [4.69, 9.17) is 0 Å². The lowest BCUT2D eigenvalue weighted by Gasteiger charge is -2.34. The molecule has 90 valence electrons. The Hall–Kier alpha value is -0.290. The molecule has 0 aliphatic carbocycles. The van der Waals surface area contributed by atoms with Crippen LogP contribution in [0.3, 0.4) is 0 Å². The zero-order valence-electron chi connectivity index (χ0n) is 9.27. The summed E-state index contributed by atoms with van der Waals surface area (Å²) in [6, 6.07) is 0.339. The molecule has 1 rings (SSSR count). The number of piperidine rings is 1. The van der Waals surface area contributed by atoms with Gasteiger partial charge in [0.25, 0.3) is 0 Å². The average Bonchev–Trinajstić information content (AvgIpc) is 2.14. The summed E-state index contributed by atoms with van der Waals surface area (Å²) in [5.74, 6) is 0.128. The number of nitrogens with one attached hydrogen (secondary N) is 1. The largest absolute Gasteiger partial charge is 0.459 e. The lowest BCUT2D eigenvalue weighted by molar-refractivity contribution is -0.253. The van der Waals surface area contributed by atoms with Gasteiger partial charge in [-0.05, 0) is 25.3 Å². The van der Waals surface area contributed by atoms with Crippen LogP contribution in [0.1, 0.15) is 26.7 Å². The lowest BCUT2D eigenvalue weighted by Crippen LogP contribution is -2.47. The van der Waals surface area contributed by atoms with Crippen LogP contribution in [0.4, 0.5) is 13.2 Å². The molecule has 0 spiro atoms. The predicted molar refractivity (Wildman–Crippen MR) is 53.5 cm³/mol. The summed E-state index contributed by atoms with van der Waals surface area (Å²) < 4.78 is 37.3. The van der Waals surface area contributed by atoms with Crippen LogP contribution < -0.4 is 5.32 Å². The van der Waals surface area contributed by atoms with Gasteiger partial charge in [-0.2, -0.15) is 13.2 Å². The SMILES string of the molecule is CC(C)NCC1CCCN(C(F)(F)F)C1. The quantitative estimate of drug-likeness (QED) is 0.739. The van der Waals surface area contributed by atoms with Crippen molar-refractivity contribution in [1.82, 2.24) is 10.2 Å². The first-order valence-electron chi connectivity index (χ1n) is 5.44. The van der Waals surface area contributed by atoms with Crippen molar-refractivity contribution in [2.24, 2.45) is 5.92 Å². The van der Waals surface area contributed by atoms with Crippen molar-refractivity contribution in [1.29, 1.82) is 0 Å². The van der Waals surface area contributed by atoms with Crippen LogP contribution >= 0.6 is 0 Å². The predicted octanol–water partition coefficient (Wildman–Crippen LogP) is 2.22. The fourth-order valence-electron chi connectivity index (χ4n) is 1.86. The van der Waals surface area contributed by atoms with Crippen molar-refractivity contribution in [2.75, 3.05) is 19.6 Å². The second-order valence-corrected chi connectivity index (χ2v) is 4.49. The van der Waals surface area contributed by atoms with E-state index in [-0.39, 0.29) is 19.0 Å². The minimum Gasteiger partial charge on any atom is -0.314 e. The van der Waals surface area contributed by atoms with Crippen LogP contribution in [-0.4, -0.2) is 36.9 Å². The molecule has 2 nitrogen and oxygen atoms in total. The summed E-state index contributed by atoms with van der Waals surface area (Å²) in [6.07, 6.45) is -2.62. The minimum absolute atomic E-state index is 0.128. The van der Waals surface area contributed by atoms with Gasteiger partial charge in [-0.25, -0.2) is 4.90 Å². The first-order valence-corrected chi connectivity index (χ1v) is 5.44. The van der Waals surface area contributed by atoms with E-state index in [1.54, 1.807) is 0 Å². The van der Waals surface area contributed by atoms with E-state index in [2.05, 4.69) is 5.32 Å². The van der Waals surface area contributed by atoms with Crippen molar-refractivity contribution in [3.05, 3.63) is 0 Å². The first kappa shape index (κ1) is 12.8. The van der Waals surface area contributed by atoms with E-state index < -0.39 is 6.30 Å². The van der Waals surface area contributed by atoms with Gasteiger partial charge in [-0.15, -0.1) is 0 Å². The third-order valence-corrected chi connectivity index (χ3v) is 2.69. The fourth-order valence-corrected chi connectivity index (χ4v) is 1.86. The monoisotopic (exact) mass is 224 g/mol. The van der Waals surface area contributed by atoms with Crippen LogP contribution in [0, 0.1) is 5.92 Å². The number of likely N-dealkylation sites (tertiary alicyclic amines) is 1. The standard InChI is InChI=1S/C10H19F3N2/c1-8(2)14-6-9-4-3-5-15(7-9)10(11,12)13/h8-9,14H,3-7H2,1-2H3. The summed E-state index contributed by atoms with van der Waals surface area (Å²) in [5.41, 5.74) is 0. The molecular formula is C10H19F3N2. The number of rotatable bonds is 3. The van der Waals surface area contributed by atoms with Gasteiger partial charge in [0.1, 0.15) is 0 Å². The fraction of sp³-hybridized carbons (Fsp3) is 1.00. The van der Waals surface area contributed by atoms with Gasteiger partial charge in [-0.3, -0.25) is 0 Å². The molecule has 1 unspecified atom stereocenters. The Bertz CT molecular complexity index is 192. The van der Waals surface area contributed by atoms with Gasteiger partial charge < -0.3 is 5.32 Å². The first-order chi connectivity index (χ1) is 6.89. The molecule has 1 N–H and O–H groups in total. The average molecular weight is 224 g/mol.